The number of sulfone groups is 1. The molecule has 1 unspecified atom stereocenters. The average molecular weight is 1420 g/mol. The van der Waals surface area contributed by atoms with Gasteiger partial charge in [-0.1, -0.05) is 59.4 Å². The van der Waals surface area contributed by atoms with Gasteiger partial charge in [-0.2, -0.15) is 9.90 Å². The van der Waals surface area contributed by atoms with Gasteiger partial charge in [-0.05, 0) is 142 Å². The number of carbonyl (C=O) groups is 3. The van der Waals surface area contributed by atoms with Crippen LogP contribution in [0.4, 0.5) is 20.7 Å². The van der Waals surface area contributed by atoms with E-state index in [1.807, 2.05) is 78.8 Å². The quantitative estimate of drug-likeness (QED) is 0.0439. The van der Waals surface area contributed by atoms with Crippen LogP contribution in [0.15, 0.2) is 83.2 Å². The maximum Gasteiger partial charge on any atom is 0.308 e. The zero-order valence-electron chi connectivity index (χ0n) is 56.5. The van der Waals surface area contributed by atoms with Crippen LogP contribution < -0.4 is 8.61 Å². The fourth-order valence-electron chi connectivity index (χ4n) is 9.82. The first kappa shape index (κ1) is 81.1. The molecule has 29 heteroatoms. The number of esters is 2. The van der Waals surface area contributed by atoms with E-state index in [0.717, 1.165) is 37.2 Å². The number of carbonyl (C=O) groups excluding carboxylic acids is 3. The fraction of sp³-hybridized carbons (Fsp3) is 0.515. The van der Waals surface area contributed by atoms with Crippen molar-refractivity contribution in [3.63, 3.8) is 0 Å². The Balaban J connectivity index is 0.000000311. The zero-order valence-corrected chi connectivity index (χ0v) is 61.2. The Morgan fingerprint density at radius 3 is 1.46 bits per heavy atom. The maximum absolute atomic E-state index is 13.8. The molecule has 0 amide bonds. The molecule has 0 aliphatic carbocycles. The Morgan fingerprint density at radius 1 is 0.632 bits per heavy atom. The van der Waals surface area contributed by atoms with Crippen LogP contribution in [0, 0.1) is 11.6 Å². The maximum atomic E-state index is 13.8. The molecule has 0 radical (unpaired) electrons. The molecule has 2 saturated heterocycles. The standard InChI is InChI=1S/C29H40FN3O6S.C20H27NO6S2.C16H18FN3O3S.CH4.H3P/c1-18(2)25-23(15-14-21-16-22(38-29(6,7)37-21)17-24(34)39-28(3,4)5)26(19-10-12-20(30)13-11-19)32-27(31-25)33(8)40(9,35)36;1-19(2,3)27-17(22)11-13-10-14(26-20(4,5)25-13)12-29(23,24)18-21-15-8-6-7-9-16(15)28-18;1-10(2)14-13(9-21)15(11-5-7-12(17)8-6-11)19-16(18-14)20(3)24(4,22)23;;/h10-15,18,21-22H,16-17H2,1-9H3;6-9,13-14H,10-12H2,1-5H3;5-10H,1-4H3;1H4;1H3/b15-14+;;;;/t21-,22-;13-,14+;;;/m11.../s1. The number of aldehydes is 1. The highest BCUT2D eigenvalue weighted by molar-refractivity contribution is 7.93. The zero-order chi connectivity index (χ0) is 69.6. The van der Waals surface area contributed by atoms with Crippen LogP contribution in [0.2, 0.25) is 0 Å². The lowest BCUT2D eigenvalue weighted by atomic mass is 9.97. The number of thiazole rings is 1. The van der Waals surface area contributed by atoms with Crippen molar-refractivity contribution in [1.29, 1.82) is 0 Å². The third kappa shape index (κ3) is 23.7. The van der Waals surface area contributed by atoms with Crippen LogP contribution in [0.5, 0.6) is 0 Å². The Hall–Kier alpha value is -6.36. The van der Waals surface area contributed by atoms with Crippen molar-refractivity contribution in [1.82, 2.24) is 24.9 Å². The van der Waals surface area contributed by atoms with E-state index in [4.69, 9.17) is 28.4 Å². The second-order valence-electron chi connectivity index (χ2n) is 26.1. The van der Waals surface area contributed by atoms with E-state index >= 15 is 0 Å². The second kappa shape index (κ2) is 32.3. The van der Waals surface area contributed by atoms with Crippen LogP contribution in [0.25, 0.3) is 38.8 Å². The van der Waals surface area contributed by atoms with Gasteiger partial charge in [0, 0.05) is 43.6 Å². The number of rotatable bonds is 18. The van der Waals surface area contributed by atoms with Gasteiger partial charge in [-0.15, -0.1) is 11.3 Å². The molecule has 0 spiro atoms. The van der Waals surface area contributed by atoms with Crippen molar-refractivity contribution < 1.29 is 76.8 Å². The summed E-state index contributed by atoms with van der Waals surface area (Å²) in [5.74, 6) is -3.96. The summed E-state index contributed by atoms with van der Waals surface area (Å²) in [6.07, 6.45) is 5.37. The predicted octanol–water partition coefficient (Wildman–Crippen LogP) is 12.5. The Kier molecular flexibility index (Phi) is 27.6. The van der Waals surface area contributed by atoms with Crippen LogP contribution in [0.1, 0.15) is 169 Å². The third-order valence-corrected chi connectivity index (χ3v) is 19.4. The van der Waals surface area contributed by atoms with Crippen LogP contribution in [-0.2, 0) is 67.9 Å². The van der Waals surface area contributed by atoms with E-state index < -0.39 is 88.7 Å². The summed E-state index contributed by atoms with van der Waals surface area (Å²) in [6, 6.07) is 18.6. The van der Waals surface area contributed by atoms with Gasteiger partial charge >= 0.3 is 11.9 Å². The summed E-state index contributed by atoms with van der Waals surface area (Å²) in [6.45, 7) is 25.4. The van der Waals surface area contributed by atoms with Gasteiger partial charge < -0.3 is 28.4 Å². The molecule has 3 aromatic carbocycles. The Bertz CT molecular complexity index is 4000. The molecule has 22 nitrogen and oxygen atoms in total. The van der Waals surface area contributed by atoms with E-state index in [9.17, 15) is 48.4 Å². The summed E-state index contributed by atoms with van der Waals surface area (Å²) >= 11 is 1.15. The summed E-state index contributed by atoms with van der Waals surface area (Å²) in [5.41, 5.74) is 3.28. The first-order chi connectivity index (χ1) is 42.8. The summed E-state index contributed by atoms with van der Waals surface area (Å²) in [5, 5.41) is 0. The first-order valence-electron chi connectivity index (χ1n) is 29.9. The third-order valence-electron chi connectivity index (χ3n) is 13.8. The number of hydrogen-bond acceptors (Lipinski definition) is 21. The minimum absolute atomic E-state index is 0. The molecule has 2 aliphatic heterocycles. The van der Waals surface area contributed by atoms with Crippen molar-refractivity contribution >= 4 is 97.5 Å². The minimum atomic E-state index is -3.64. The number of nitrogens with zero attached hydrogens (tertiary/aromatic N) is 7. The number of benzene rings is 3. The molecule has 524 valence electrons. The molecule has 0 N–H and O–H groups in total. The fourth-order valence-corrected chi connectivity index (χ4v) is 13.3. The van der Waals surface area contributed by atoms with E-state index in [1.54, 1.807) is 66.7 Å². The van der Waals surface area contributed by atoms with Gasteiger partial charge in [-0.25, -0.2) is 67.6 Å². The molecule has 8 rings (SSSR count). The summed E-state index contributed by atoms with van der Waals surface area (Å²) in [7, 11) is -8.11. The molecule has 2 fully saturated rings. The topological polar surface area (TPSA) is 280 Å². The lowest BCUT2D eigenvalue weighted by molar-refractivity contribution is -0.295. The number of halogens is 2. The summed E-state index contributed by atoms with van der Waals surface area (Å²) < 4.78 is 138. The van der Waals surface area contributed by atoms with Crippen LogP contribution >= 0.6 is 21.2 Å². The molecule has 5 heterocycles. The van der Waals surface area contributed by atoms with E-state index in [2.05, 4.69) is 24.9 Å². The van der Waals surface area contributed by atoms with Crippen LogP contribution in [0.3, 0.4) is 0 Å². The van der Waals surface area contributed by atoms with Crippen LogP contribution in [-0.4, -0.2) is 148 Å². The van der Waals surface area contributed by atoms with Crippen molar-refractivity contribution in [3.05, 3.63) is 113 Å². The smallest absolute Gasteiger partial charge is 0.308 e. The van der Waals surface area contributed by atoms with Gasteiger partial charge in [0.15, 0.2) is 17.9 Å². The van der Waals surface area contributed by atoms with Gasteiger partial charge in [0.2, 0.25) is 46.1 Å². The normalized spacial score (nSPS) is 18.1. The van der Waals surface area contributed by atoms with Gasteiger partial charge in [0.25, 0.3) is 0 Å². The largest absolute Gasteiger partial charge is 0.460 e. The number of aromatic nitrogens is 5. The predicted molar refractivity (Wildman–Crippen MR) is 371 cm³/mol. The summed E-state index contributed by atoms with van der Waals surface area (Å²) in [4.78, 5) is 58.2. The van der Waals surface area contributed by atoms with Crippen molar-refractivity contribution in [2.45, 2.75) is 193 Å². The first-order valence-corrected chi connectivity index (χ1v) is 36.1. The number of ether oxygens (including phenoxy) is 6. The number of sulfonamides is 2. The molecule has 6 aromatic rings. The Morgan fingerprint density at radius 2 is 1.04 bits per heavy atom. The number of hydrogen-bond donors (Lipinski definition) is 0. The molecule has 3 aromatic heterocycles. The number of fused-ring (bicyclic) bond motifs is 1. The highest BCUT2D eigenvalue weighted by Gasteiger charge is 2.41. The highest BCUT2D eigenvalue weighted by atomic mass is 32.2. The molecule has 0 bridgehead atoms. The van der Waals surface area contributed by atoms with Crippen molar-refractivity contribution in [2.24, 2.45) is 0 Å². The lowest BCUT2D eigenvalue weighted by Gasteiger charge is -2.40. The van der Waals surface area contributed by atoms with Gasteiger partial charge in [0.05, 0.1) is 94.1 Å². The monoisotopic (exact) mass is 1420 g/mol. The average Bonchev–Trinajstić information content (AvgIpc) is 1.05. The van der Waals surface area contributed by atoms with E-state index in [-0.39, 0.29) is 93.6 Å². The van der Waals surface area contributed by atoms with E-state index in [1.165, 1.54) is 50.5 Å². The molecular formula is C66H92F2N7O15PS4. The highest BCUT2D eigenvalue weighted by Crippen LogP contribution is 2.37. The second-order valence-corrected chi connectivity index (χ2v) is 33.3. The van der Waals surface area contributed by atoms with Crippen molar-refractivity contribution in [2.75, 3.05) is 41.0 Å². The van der Waals surface area contributed by atoms with Crippen molar-refractivity contribution in [3.8, 4) is 22.5 Å². The SMILES string of the molecule is C.CC(C)(C)OC(=O)C[C@H]1C[C@@H](CS(=O)(=O)c2nc3ccccc3s2)OC(C)(C)O1.CC(C)c1nc(N(C)S(C)(=O)=O)nc(-c2ccc(F)cc2)c1/C=C/[C@@H]1C[C@H](CC(=O)OC(C)(C)C)OC(C)(C)O1.CC(C)c1nc(N(C)S(C)(=O)=O)nc(-c2ccc(F)cc2)c1C=O.P. The lowest BCUT2D eigenvalue weighted by Crippen LogP contribution is -2.47. The molecule has 5 atom stereocenters. The number of anilines is 2. The van der Waals surface area contributed by atoms with Gasteiger partial charge in [-0.3, -0.25) is 14.4 Å². The molecule has 95 heavy (non-hydrogen) atoms. The minimum Gasteiger partial charge on any atom is -0.460 e. The van der Waals surface area contributed by atoms with Gasteiger partial charge in [0.1, 0.15) is 22.8 Å². The van der Waals surface area contributed by atoms with E-state index in [0.29, 0.717) is 52.0 Å². The number of para-hydroxylation sites is 1. The molecule has 0 saturated carbocycles. The Labute approximate surface area is 566 Å². The molecule has 2 aliphatic rings. The molecular weight excluding hydrogens is 1330 g/mol.